The Kier molecular flexibility index (Phi) is 6.21. The molecule has 28 heavy (non-hydrogen) atoms. The molecule has 0 atom stereocenters. The van der Waals surface area contributed by atoms with Gasteiger partial charge in [0.15, 0.2) is 5.82 Å². The number of hydrogen-bond donors (Lipinski definition) is 3. The quantitative estimate of drug-likeness (QED) is 0.467. The molecular formula is C20H23F4N3O. The molecule has 0 radical (unpaired) electrons. The van der Waals surface area contributed by atoms with Gasteiger partial charge in [-0.3, -0.25) is 4.79 Å². The average molecular weight is 397 g/mol. The highest BCUT2D eigenvalue weighted by Gasteiger charge is 2.29. The number of rotatable bonds is 5. The number of carbonyl (C=O) groups excluding carboxylic acids is 1. The molecule has 0 aromatic heterocycles. The molecule has 2 rings (SSSR count). The summed E-state index contributed by atoms with van der Waals surface area (Å²) >= 11 is 0. The molecule has 0 unspecified atom stereocenters. The number of halogens is 4. The van der Waals surface area contributed by atoms with E-state index in [9.17, 15) is 22.4 Å². The summed E-state index contributed by atoms with van der Waals surface area (Å²) in [4.78, 5) is 12.0. The second-order valence-corrected chi connectivity index (χ2v) is 7.72. The predicted molar refractivity (Wildman–Crippen MR) is 102 cm³/mol. The Balaban J connectivity index is 2.05. The number of carbonyl (C=O) groups is 1. The monoisotopic (exact) mass is 397 g/mol. The molecule has 0 aliphatic rings. The van der Waals surface area contributed by atoms with Crippen molar-refractivity contribution < 1.29 is 22.4 Å². The second-order valence-electron chi connectivity index (χ2n) is 7.72. The normalized spacial score (nSPS) is 12.0. The summed E-state index contributed by atoms with van der Waals surface area (Å²) in [7, 11) is 0. The molecule has 2 aromatic rings. The third-order valence-electron chi connectivity index (χ3n) is 3.91. The minimum atomic E-state index is -4.40. The summed E-state index contributed by atoms with van der Waals surface area (Å²) in [5.74, 6) is -1.01. The van der Waals surface area contributed by atoms with Gasteiger partial charge in [-0.1, -0.05) is 32.9 Å². The Labute approximate surface area is 161 Å². The Bertz CT molecular complexity index is 840. The molecule has 0 saturated heterocycles. The number of nitrogens with two attached hydrogens (primary N) is 1. The standard InChI is InChI=1S/C20H23F4N3O/c1-19(2,3)10-16(28)27-15-9-8-14(17(21)18(15)25)26-11-12-4-6-13(7-5-12)20(22,23)24/h4-9,26H,10-11,25H2,1-3H3,(H,27,28). The van der Waals surface area contributed by atoms with E-state index in [1.54, 1.807) is 0 Å². The SMILES string of the molecule is CC(C)(C)CC(=O)Nc1ccc(NCc2ccc(C(F)(F)F)cc2)c(F)c1N. The van der Waals surface area contributed by atoms with Gasteiger partial charge in [0.2, 0.25) is 5.91 Å². The molecule has 0 heterocycles. The van der Waals surface area contributed by atoms with Crippen LogP contribution in [0.3, 0.4) is 0 Å². The number of benzene rings is 2. The van der Waals surface area contributed by atoms with Crippen LogP contribution in [-0.4, -0.2) is 5.91 Å². The van der Waals surface area contributed by atoms with Gasteiger partial charge in [-0.05, 0) is 35.2 Å². The van der Waals surface area contributed by atoms with Crippen LogP contribution in [0.25, 0.3) is 0 Å². The second kappa shape index (κ2) is 8.08. The zero-order valence-electron chi connectivity index (χ0n) is 15.9. The molecule has 4 N–H and O–H groups in total. The maximum atomic E-state index is 14.5. The topological polar surface area (TPSA) is 67.2 Å². The largest absolute Gasteiger partial charge is 0.416 e. The Morgan fingerprint density at radius 1 is 1.00 bits per heavy atom. The van der Waals surface area contributed by atoms with Gasteiger partial charge >= 0.3 is 6.18 Å². The summed E-state index contributed by atoms with van der Waals surface area (Å²) in [6, 6.07) is 7.47. The van der Waals surface area contributed by atoms with Crippen molar-refractivity contribution in [3.05, 3.63) is 53.3 Å². The van der Waals surface area contributed by atoms with Crippen LogP contribution < -0.4 is 16.4 Å². The van der Waals surface area contributed by atoms with E-state index in [4.69, 9.17) is 5.73 Å². The summed E-state index contributed by atoms with van der Waals surface area (Å²) in [6.45, 7) is 5.84. The van der Waals surface area contributed by atoms with Crippen molar-refractivity contribution in [3.8, 4) is 0 Å². The van der Waals surface area contributed by atoms with Gasteiger partial charge in [0, 0.05) is 13.0 Å². The molecule has 0 aliphatic heterocycles. The fourth-order valence-electron chi connectivity index (χ4n) is 2.52. The van der Waals surface area contributed by atoms with E-state index in [-0.39, 0.29) is 41.3 Å². The van der Waals surface area contributed by atoms with E-state index in [0.717, 1.165) is 12.1 Å². The molecule has 152 valence electrons. The minimum absolute atomic E-state index is 0.0891. The third kappa shape index (κ3) is 5.87. The molecule has 0 bridgehead atoms. The van der Waals surface area contributed by atoms with Crippen molar-refractivity contribution in [2.75, 3.05) is 16.4 Å². The Morgan fingerprint density at radius 3 is 2.11 bits per heavy atom. The van der Waals surface area contributed by atoms with Crippen LogP contribution in [0.4, 0.5) is 34.6 Å². The molecule has 1 amide bonds. The van der Waals surface area contributed by atoms with Crippen molar-refractivity contribution in [1.29, 1.82) is 0 Å². The van der Waals surface area contributed by atoms with Crippen LogP contribution in [0.1, 0.15) is 38.3 Å². The first kappa shape index (κ1) is 21.5. The lowest BCUT2D eigenvalue weighted by molar-refractivity contribution is -0.137. The van der Waals surface area contributed by atoms with Gasteiger partial charge in [0.05, 0.1) is 22.6 Å². The van der Waals surface area contributed by atoms with Crippen molar-refractivity contribution in [2.45, 2.75) is 39.9 Å². The van der Waals surface area contributed by atoms with E-state index >= 15 is 0 Å². The smallest absolute Gasteiger partial charge is 0.395 e. The van der Waals surface area contributed by atoms with E-state index < -0.39 is 17.6 Å². The highest BCUT2D eigenvalue weighted by molar-refractivity contribution is 5.94. The summed E-state index contributed by atoms with van der Waals surface area (Å²) in [6.07, 6.45) is -4.15. The zero-order chi connectivity index (χ0) is 21.1. The molecule has 0 spiro atoms. The fraction of sp³-hybridized carbons (Fsp3) is 0.350. The van der Waals surface area contributed by atoms with E-state index in [0.29, 0.717) is 5.56 Å². The summed E-state index contributed by atoms with van der Waals surface area (Å²) in [5.41, 5.74) is 5.41. The lowest BCUT2D eigenvalue weighted by atomic mass is 9.92. The van der Waals surface area contributed by atoms with Gasteiger partial charge in [0.25, 0.3) is 0 Å². The number of hydrogen-bond acceptors (Lipinski definition) is 3. The highest BCUT2D eigenvalue weighted by atomic mass is 19.4. The number of nitrogens with one attached hydrogen (secondary N) is 2. The van der Waals surface area contributed by atoms with Crippen LogP contribution in [0.5, 0.6) is 0 Å². The van der Waals surface area contributed by atoms with Crippen molar-refractivity contribution in [2.24, 2.45) is 5.41 Å². The average Bonchev–Trinajstić information content (AvgIpc) is 2.56. The van der Waals surface area contributed by atoms with Crippen molar-refractivity contribution in [3.63, 3.8) is 0 Å². The molecule has 0 saturated carbocycles. The first-order valence-electron chi connectivity index (χ1n) is 8.64. The number of nitrogen functional groups attached to an aromatic ring is 1. The van der Waals surface area contributed by atoms with Gasteiger partial charge in [-0.25, -0.2) is 4.39 Å². The van der Waals surface area contributed by atoms with E-state index in [1.807, 2.05) is 20.8 Å². The maximum Gasteiger partial charge on any atom is 0.416 e. The molecular weight excluding hydrogens is 374 g/mol. The Hall–Kier alpha value is -2.77. The van der Waals surface area contributed by atoms with Crippen LogP contribution in [0, 0.1) is 11.2 Å². The number of anilines is 3. The van der Waals surface area contributed by atoms with Gasteiger partial charge < -0.3 is 16.4 Å². The first-order chi connectivity index (χ1) is 12.9. The van der Waals surface area contributed by atoms with Crippen LogP contribution in [0.15, 0.2) is 36.4 Å². The summed E-state index contributed by atoms with van der Waals surface area (Å²) in [5, 5.41) is 5.39. The van der Waals surface area contributed by atoms with Crippen molar-refractivity contribution >= 4 is 23.0 Å². The highest BCUT2D eigenvalue weighted by Crippen LogP contribution is 2.31. The molecule has 0 aliphatic carbocycles. The maximum absolute atomic E-state index is 14.5. The van der Waals surface area contributed by atoms with Gasteiger partial charge in [-0.15, -0.1) is 0 Å². The van der Waals surface area contributed by atoms with Crippen LogP contribution in [-0.2, 0) is 17.5 Å². The zero-order valence-corrected chi connectivity index (χ0v) is 15.9. The van der Waals surface area contributed by atoms with E-state index in [2.05, 4.69) is 10.6 Å². The lowest BCUT2D eigenvalue weighted by Gasteiger charge is -2.18. The molecule has 2 aromatic carbocycles. The molecule has 8 heteroatoms. The third-order valence-corrected chi connectivity index (χ3v) is 3.91. The van der Waals surface area contributed by atoms with Crippen molar-refractivity contribution in [1.82, 2.24) is 0 Å². The van der Waals surface area contributed by atoms with Gasteiger partial charge in [-0.2, -0.15) is 13.2 Å². The predicted octanol–water partition coefficient (Wildman–Crippen LogP) is 5.41. The minimum Gasteiger partial charge on any atom is -0.395 e. The van der Waals surface area contributed by atoms with Crippen LogP contribution in [0.2, 0.25) is 0 Å². The Morgan fingerprint density at radius 2 is 1.57 bits per heavy atom. The van der Waals surface area contributed by atoms with E-state index in [1.165, 1.54) is 24.3 Å². The number of amides is 1. The lowest BCUT2D eigenvalue weighted by Crippen LogP contribution is -2.20. The number of alkyl halides is 3. The first-order valence-corrected chi connectivity index (χ1v) is 8.64. The molecule has 4 nitrogen and oxygen atoms in total. The fourth-order valence-corrected chi connectivity index (χ4v) is 2.52. The summed E-state index contributed by atoms with van der Waals surface area (Å²) < 4.78 is 52.2. The van der Waals surface area contributed by atoms with Crippen LogP contribution >= 0.6 is 0 Å². The van der Waals surface area contributed by atoms with Gasteiger partial charge in [0.1, 0.15) is 0 Å². The molecule has 0 fully saturated rings.